The maximum Gasteiger partial charge on any atom is 0.352 e. The lowest BCUT2D eigenvalue weighted by molar-refractivity contribution is -0.150. The van der Waals surface area contributed by atoms with Crippen molar-refractivity contribution in [3.8, 4) is 0 Å². The van der Waals surface area contributed by atoms with E-state index in [2.05, 4.69) is 20.3 Å². The number of aromatic nitrogens is 1. The summed E-state index contributed by atoms with van der Waals surface area (Å²) < 4.78 is 0. The highest BCUT2D eigenvalue weighted by atomic mass is 32.2. The molecule has 1 aromatic rings. The minimum absolute atomic E-state index is 0.150. The number of thioether (sulfide) groups is 1. The van der Waals surface area contributed by atoms with Crippen molar-refractivity contribution in [1.29, 1.82) is 0 Å². The first-order chi connectivity index (χ1) is 12.9. The molecule has 0 spiro atoms. The van der Waals surface area contributed by atoms with Gasteiger partial charge in [0, 0.05) is 11.1 Å². The molecule has 5 N–H and O–H groups in total. The summed E-state index contributed by atoms with van der Waals surface area (Å²) in [6, 6.07) is -0.935. The molecule has 13 heteroatoms. The second-order valence-electron chi connectivity index (χ2n) is 5.47. The number of thiazole rings is 1. The van der Waals surface area contributed by atoms with Crippen molar-refractivity contribution in [2.45, 2.75) is 11.4 Å². The van der Waals surface area contributed by atoms with E-state index in [-0.39, 0.29) is 33.6 Å². The number of rotatable bonds is 6. The van der Waals surface area contributed by atoms with Gasteiger partial charge in [0.1, 0.15) is 29.9 Å². The number of carbonyl (C=O) groups is 3. The predicted octanol–water partition coefficient (Wildman–Crippen LogP) is -1.19. The van der Waals surface area contributed by atoms with Gasteiger partial charge in [-0.15, -0.1) is 23.1 Å². The van der Waals surface area contributed by atoms with Crippen LogP contribution in [0.4, 0.5) is 5.13 Å². The quantitative estimate of drug-likeness (QED) is 0.254. The first-order valence-corrected chi connectivity index (χ1v) is 9.46. The number of oxime groups is 1. The third-order valence-corrected chi connectivity index (χ3v) is 5.90. The molecule has 1 saturated heterocycles. The second kappa shape index (κ2) is 7.54. The van der Waals surface area contributed by atoms with Gasteiger partial charge in [-0.1, -0.05) is 5.16 Å². The summed E-state index contributed by atoms with van der Waals surface area (Å²) in [5.74, 6) is -2.35. The summed E-state index contributed by atoms with van der Waals surface area (Å²) in [4.78, 5) is 46.2. The minimum atomic E-state index is -1.30. The van der Waals surface area contributed by atoms with Gasteiger partial charge in [0.05, 0.1) is 6.61 Å². The summed E-state index contributed by atoms with van der Waals surface area (Å²) >= 11 is 2.37. The van der Waals surface area contributed by atoms with Crippen molar-refractivity contribution >= 4 is 51.7 Å². The fourth-order valence-corrected chi connectivity index (χ4v) is 4.59. The third-order valence-electron chi connectivity index (χ3n) is 3.89. The molecule has 144 valence electrons. The molecule has 1 aromatic heterocycles. The Labute approximate surface area is 160 Å². The number of hydrogen-bond donors (Lipinski definition) is 4. The van der Waals surface area contributed by atoms with E-state index in [1.165, 1.54) is 24.3 Å². The summed E-state index contributed by atoms with van der Waals surface area (Å²) in [5, 5.41) is 26.0. The normalized spacial score (nSPS) is 22.2. The van der Waals surface area contributed by atoms with E-state index in [4.69, 9.17) is 5.73 Å². The number of fused-ring (bicyclic) bond motifs is 1. The molecule has 0 unspecified atom stereocenters. The van der Waals surface area contributed by atoms with Gasteiger partial charge in [-0.05, 0) is 5.57 Å². The van der Waals surface area contributed by atoms with Gasteiger partial charge in [-0.2, -0.15) is 0 Å². The number of aliphatic hydroxyl groups excluding tert-OH is 1. The molecule has 0 aromatic carbocycles. The zero-order chi connectivity index (χ0) is 19.7. The lowest BCUT2D eigenvalue weighted by Gasteiger charge is -2.49. The average Bonchev–Trinajstić information content (AvgIpc) is 3.08. The number of amides is 2. The van der Waals surface area contributed by atoms with Crippen molar-refractivity contribution in [2.75, 3.05) is 25.2 Å². The number of aliphatic carboxylic acids is 1. The number of aliphatic hydroxyl groups is 1. The van der Waals surface area contributed by atoms with E-state index in [1.807, 2.05) is 0 Å². The largest absolute Gasteiger partial charge is 0.477 e. The number of nitrogens with zero attached hydrogens (tertiary/aromatic N) is 3. The van der Waals surface area contributed by atoms with Gasteiger partial charge in [0.2, 0.25) is 0 Å². The van der Waals surface area contributed by atoms with Gasteiger partial charge in [-0.25, -0.2) is 9.78 Å². The Morgan fingerprint density at radius 3 is 2.85 bits per heavy atom. The van der Waals surface area contributed by atoms with Crippen LogP contribution in [0.3, 0.4) is 0 Å². The van der Waals surface area contributed by atoms with E-state index in [1.54, 1.807) is 0 Å². The van der Waals surface area contributed by atoms with E-state index < -0.39 is 35.8 Å². The molecule has 2 atom stereocenters. The zero-order valence-corrected chi connectivity index (χ0v) is 15.5. The van der Waals surface area contributed by atoms with Crippen LogP contribution in [0.15, 0.2) is 21.8 Å². The molecule has 2 aliphatic rings. The van der Waals surface area contributed by atoms with Crippen molar-refractivity contribution in [3.05, 3.63) is 22.3 Å². The number of anilines is 1. The molecular formula is C14H15N5O6S2. The number of nitrogens with one attached hydrogen (secondary N) is 1. The van der Waals surface area contributed by atoms with E-state index in [9.17, 15) is 24.6 Å². The summed E-state index contributed by atoms with van der Waals surface area (Å²) in [6.45, 7) is -0.460. The van der Waals surface area contributed by atoms with Crippen LogP contribution in [0.1, 0.15) is 5.69 Å². The maximum atomic E-state index is 12.6. The Hall–Kier alpha value is -2.64. The van der Waals surface area contributed by atoms with Gasteiger partial charge in [0.15, 0.2) is 10.8 Å². The lowest BCUT2D eigenvalue weighted by atomic mass is 10.0. The van der Waals surface area contributed by atoms with Gasteiger partial charge in [-0.3, -0.25) is 14.5 Å². The Morgan fingerprint density at radius 2 is 2.30 bits per heavy atom. The van der Waals surface area contributed by atoms with Crippen LogP contribution >= 0.6 is 23.1 Å². The molecule has 0 bridgehead atoms. The van der Waals surface area contributed by atoms with Gasteiger partial charge < -0.3 is 26.1 Å². The van der Waals surface area contributed by atoms with Crippen LogP contribution in [0.5, 0.6) is 0 Å². The number of carbonyl (C=O) groups excluding carboxylic acids is 2. The Balaban J connectivity index is 1.79. The molecule has 2 aliphatic heterocycles. The minimum Gasteiger partial charge on any atom is -0.477 e. The van der Waals surface area contributed by atoms with Crippen molar-refractivity contribution in [1.82, 2.24) is 15.2 Å². The van der Waals surface area contributed by atoms with Gasteiger partial charge >= 0.3 is 5.97 Å². The molecule has 0 aliphatic carbocycles. The van der Waals surface area contributed by atoms with Crippen molar-refractivity contribution < 1.29 is 29.4 Å². The zero-order valence-electron chi connectivity index (χ0n) is 13.9. The Bertz CT molecular complexity index is 866. The Kier molecular flexibility index (Phi) is 5.34. The fourth-order valence-electron chi connectivity index (χ4n) is 2.71. The van der Waals surface area contributed by atoms with Crippen molar-refractivity contribution in [2.24, 2.45) is 5.16 Å². The monoisotopic (exact) mass is 413 g/mol. The molecule has 3 rings (SSSR count). The number of nitrogen functional groups attached to an aromatic ring is 1. The van der Waals surface area contributed by atoms with E-state index in [0.29, 0.717) is 0 Å². The molecule has 27 heavy (non-hydrogen) atoms. The number of carboxylic acids is 1. The standard InChI is InChI=1S/C14H15N5O6S2/c1-25-18-7(6-4-27-14(15)16-6)10(21)17-8-11(22)19-9(13(23)24)5(2-20)3-26-12(8)19/h4,8,12,20H,2-3H2,1H3,(H2,15,16)(H,17,21)(H,23,24)/b18-7-/t8-,12+/m1/s1. The maximum absolute atomic E-state index is 12.6. The molecule has 1 fully saturated rings. The second-order valence-corrected chi connectivity index (χ2v) is 7.46. The SMILES string of the molecule is CO/N=C(\C(=O)N[C@@H]1C(=O)N2C(C(=O)O)=C(CO)CS[C@@H]12)c1csc(N)n1. The number of nitrogens with two attached hydrogens (primary N) is 1. The molecular weight excluding hydrogens is 398 g/mol. The number of hydrogen-bond acceptors (Lipinski definition) is 10. The van der Waals surface area contributed by atoms with Crippen LogP contribution in [0.2, 0.25) is 0 Å². The highest BCUT2D eigenvalue weighted by Crippen LogP contribution is 2.40. The van der Waals surface area contributed by atoms with E-state index >= 15 is 0 Å². The molecule has 0 radical (unpaired) electrons. The number of β-lactam (4-membered cyclic amide) rings is 1. The van der Waals surface area contributed by atoms with Crippen LogP contribution in [-0.4, -0.2) is 74.5 Å². The fraction of sp³-hybridized carbons (Fsp3) is 0.357. The van der Waals surface area contributed by atoms with Crippen LogP contribution in [0, 0.1) is 0 Å². The number of carboxylic acid groups (broad SMARTS) is 1. The van der Waals surface area contributed by atoms with E-state index in [0.717, 1.165) is 16.2 Å². The average molecular weight is 413 g/mol. The highest BCUT2D eigenvalue weighted by Gasteiger charge is 2.54. The summed E-state index contributed by atoms with van der Waals surface area (Å²) in [7, 11) is 1.26. The highest BCUT2D eigenvalue weighted by molar-refractivity contribution is 8.00. The third kappa shape index (κ3) is 3.36. The smallest absolute Gasteiger partial charge is 0.352 e. The molecule has 2 amide bonds. The molecule has 0 saturated carbocycles. The van der Waals surface area contributed by atoms with Crippen LogP contribution in [0.25, 0.3) is 0 Å². The summed E-state index contributed by atoms with van der Waals surface area (Å²) in [5.41, 5.74) is 5.62. The summed E-state index contributed by atoms with van der Waals surface area (Å²) in [6.07, 6.45) is 0. The first kappa shape index (κ1) is 19.1. The topological polar surface area (TPSA) is 167 Å². The molecule has 3 heterocycles. The Morgan fingerprint density at radius 1 is 1.56 bits per heavy atom. The lowest BCUT2D eigenvalue weighted by Crippen LogP contribution is -2.71. The first-order valence-electron chi connectivity index (χ1n) is 7.53. The molecule has 11 nitrogen and oxygen atoms in total. The van der Waals surface area contributed by atoms with Crippen LogP contribution < -0.4 is 11.1 Å². The van der Waals surface area contributed by atoms with Crippen LogP contribution in [-0.2, 0) is 19.2 Å². The predicted molar refractivity (Wildman–Crippen MR) is 96.8 cm³/mol. The van der Waals surface area contributed by atoms with Gasteiger partial charge in [0.25, 0.3) is 11.8 Å². The van der Waals surface area contributed by atoms with Crippen molar-refractivity contribution in [3.63, 3.8) is 0 Å².